The van der Waals surface area contributed by atoms with Crippen LogP contribution in [-0.4, -0.2) is 44.3 Å². The fraction of sp³-hybridized carbons (Fsp3) is 0.600. The molecule has 2 atom stereocenters. The average molecular weight is 347 g/mol. The van der Waals surface area contributed by atoms with Gasteiger partial charge in [-0.15, -0.1) is 0 Å². The second kappa shape index (κ2) is 6.43. The molecule has 8 heteroatoms. The first-order valence-electron chi connectivity index (χ1n) is 7.63. The highest BCUT2D eigenvalue weighted by atomic mass is 32.2. The van der Waals surface area contributed by atoms with Gasteiger partial charge in [0.2, 0.25) is 10.0 Å². The number of hydrogen-bond donors (Lipinski definition) is 0. The Labute approximate surface area is 134 Å². The maximum atomic E-state index is 13.5. The van der Waals surface area contributed by atoms with Crippen molar-refractivity contribution in [1.82, 2.24) is 4.31 Å². The van der Waals surface area contributed by atoms with Gasteiger partial charge in [0, 0.05) is 6.04 Å². The first-order chi connectivity index (χ1) is 10.9. The van der Waals surface area contributed by atoms with Gasteiger partial charge >= 0.3 is 0 Å². The predicted octanol–water partition coefficient (Wildman–Crippen LogP) is 2.27. The molecule has 128 valence electrons. The third-order valence-corrected chi connectivity index (χ3v) is 6.35. The van der Waals surface area contributed by atoms with E-state index in [-0.39, 0.29) is 10.9 Å². The maximum absolute atomic E-state index is 13.5. The van der Waals surface area contributed by atoms with E-state index >= 15 is 0 Å². The molecule has 1 aromatic carbocycles. The topological polar surface area (TPSA) is 55.8 Å². The highest BCUT2D eigenvalue weighted by Gasteiger charge is 2.43. The molecular weight excluding hydrogens is 328 g/mol. The molecule has 0 radical (unpaired) electrons. The summed E-state index contributed by atoms with van der Waals surface area (Å²) < 4.78 is 64.8. The van der Waals surface area contributed by atoms with E-state index < -0.39 is 34.0 Å². The van der Waals surface area contributed by atoms with Gasteiger partial charge in [0.1, 0.15) is 0 Å². The van der Waals surface area contributed by atoms with Crippen LogP contribution in [0, 0.1) is 11.6 Å². The monoisotopic (exact) mass is 347 g/mol. The first-order valence-corrected chi connectivity index (χ1v) is 9.07. The summed E-state index contributed by atoms with van der Waals surface area (Å²) in [6.07, 6.45) is 1.56. The van der Waals surface area contributed by atoms with Crippen molar-refractivity contribution in [2.45, 2.75) is 49.5 Å². The predicted molar refractivity (Wildman–Crippen MR) is 78.2 cm³/mol. The van der Waals surface area contributed by atoms with Crippen molar-refractivity contribution in [2.75, 3.05) is 13.2 Å². The molecular formula is C15H19F2NO4S. The minimum Gasteiger partial charge on any atom is -0.349 e. The SMILES string of the molecule is C[C@@H]1CCC[C@H](C2OCCO2)N1S(=O)(=O)c1ccc(F)c(F)c1. The maximum Gasteiger partial charge on any atom is 0.243 e. The van der Waals surface area contributed by atoms with Crippen LogP contribution < -0.4 is 0 Å². The van der Waals surface area contributed by atoms with Crippen molar-refractivity contribution >= 4 is 10.0 Å². The molecule has 0 amide bonds. The van der Waals surface area contributed by atoms with Gasteiger partial charge in [-0.2, -0.15) is 4.31 Å². The van der Waals surface area contributed by atoms with E-state index in [1.54, 1.807) is 6.92 Å². The smallest absolute Gasteiger partial charge is 0.243 e. The van der Waals surface area contributed by atoms with Gasteiger partial charge in [0.05, 0.1) is 24.2 Å². The van der Waals surface area contributed by atoms with Crippen LogP contribution in [0.15, 0.2) is 23.1 Å². The quantitative estimate of drug-likeness (QED) is 0.842. The van der Waals surface area contributed by atoms with Gasteiger partial charge < -0.3 is 9.47 Å². The molecule has 2 fully saturated rings. The van der Waals surface area contributed by atoms with E-state index in [0.29, 0.717) is 26.1 Å². The highest BCUT2D eigenvalue weighted by molar-refractivity contribution is 7.89. The van der Waals surface area contributed by atoms with Crippen molar-refractivity contribution in [1.29, 1.82) is 0 Å². The standard InChI is InChI=1S/C15H19F2NO4S/c1-10-3-2-4-14(15-21-7-8-22-15)18(10)23(19,20)11-5-6-12(16)13(17)9-11/h5-6,9-10,14-15H,2-4,7-8H2,1H3/t10-,14-/m1/s1. The average Bonchev–Trinajstić information content (AvgIpc) is 3.03. The molecule has 2 heterocycles. The van der Waals surface area contributed by atoms with Gasteiger partial charge in [0.15, 0.2) is 17.9 Å². The number of ether oxygens (including phenoxy) is 2. The fourth-order valence-electron chi connectivity index (χ4n) is 3.23. The summed E-state index contributed by atoms with van der Waals surface area (Å²) in [6.45, 7) is 2.65. The van der Waals surface area contributed by atoms with Crippen LogP contribution in [0.3, 0.4) is 0 Å². The Morgan fingerprint density at radius 2 is 1.83 bits per heavy atom. The largest absolute Gasteiger partial charge is 0.349 e. The number of benzene rings is 1. The van der Waals surface area contributed by atoms with E-state index in [4.69, 9.17) is 9.47 Å². The molecule has 2 saturated heterocycles. The number of sulfonamides is 1. The number of halogens is 2. The molecule has 2 aliphatic rings. The number of rotatable bonds is 3. The molecule has 23 heavy (non-hydrogen) atoms. The van der Waals surface area contributed by atoms with E-state index in [9.17, 15) is 17.2 Å². The Morgan fingerprint density at radius 3 is 2.48 bits per heavy atom. The minimum absolute atomic E-state index is 0.256. The summed E-state index contributed by atoms with van der Waals surface area (Å²) in [7, 11) is -3.97. The number of piperidine rings is 1. The third-order valence-electron chi connectivity index (χ3n) is 4.31. The van der Waals surface area contributed by atoms with Crippen molar-refractivity contribution < 1.29 is 26.7 Å². The molecule has 0 saturated carbocycles. The Balaban J connectivity index is 1.98. The molecule has 0 unspecified atom stereocenters. The van der Waals surface area contributed by atoms with Crippen molar-refractivity contribution in [2.24, 2.45) is 0 Å². The van der Waals surface area contributed by atoms with Crippen molar-refractivity contribution in [3.63, 3.8) is 0 Å². The van der Waals surface area contributed by atoms with E-state index in [1.165, 1.54) is 4.31 Å². The molecule has 2 aliphatic heterocycles. The van der Waals surface area contributed by atoms with Crippen LogP contribution in [0.4, 0.5) is 8.78 Å². The van der Waals surface area contributed by atoms with Crippen molar-refractivity contribution in [3.8, 4) is 0 Å². The first kappa shape index (κ1) is 16.8. The summed E-state index contributed by atoms with van der Waals surface area (Å²) in [5, 5.41) is 0. The van der Waals surface area contributed by atoms with Gasteiger partial charge in [-0.25, -0.2) is 17.2 Å². The molecule has 1 aromatic rings. The molecule has 0 aromatic heterocycles. The summed E-state index contributed by atoms with van der Waals surface area (Å²) >= 11 is 0. The Morgan fingerprint density at radius 1 is 1.13 bits per heavy atom. The Hall–Kier alpha value is -1.09. The lowest BCUT2D eigenvalue weighted by Gasteiger charge is -2.41. The Bertz CT molecular complexity index is 676. The van der Waals surface area contributed by atoms with Crippen LogP contribution >= 0.6 is 0 Å². The van der Waals surface area contributed by atoms with Crippen LogP contribution in [0.2, 0.25) is 0 Å². The summed E-state index contributed by atoms with van der Waals surface area (Å²) in [4.78, 5) is -0.256. The van der Waals surface area contributed by atoms with Crippen LogP contribution in [0.5, 0.6) is 0 Å². The molecule has 0 aliphatic carbocycles. The number of nitrogens with zero attached hydrogens (tertiary/aromatic N) is 1. The van der Waals surface area contributed by atoms with Crippen LogP contribution in [0.25, 0.3) is 0 Å². The summed E-state index contributed by atoms with van der Waals surface area (Å²) in [5.41, 5.74) is 0. The molecule has 0 spiro atoms. The molecule has 3 rings (SSSR count). The van der Waals surface area contributed by atoms with E-state index in [1.807, 2.05) is 0 Å². The zero-order chi connectivity index (χ0) is 16.6. The lowest BCUT2D eigenvalue weighted by Crippen LogP contribution is -2.53. The normalized spacial score (nSPS) is 27.4. The third kappa shape index (κ3) is 3.13. The zero-order valence-corrected chi connectivity index (χ0v) is 13.6. The zero-order valence-electron chi connectivity index (χ0n) is 12.7. The second-order valence-corrected chi connectivity index (χ2v) is 7.71. The van der Waals surface area contributed by atoms with Gasteiger partial charge in [-0.05, 0) is 38.0 Å². The summed E-state index contributed by atoms with van der Waals surface area (Å²) in [6, 6.07) is 1.91. The van der Waals surface area contributed by atoms with Crippen LogP contribution in [-0.2, 0) is 19.5 Å². The van der Waals surface area contributed by atoms with Gasteiger partial charge in [-0.3, -0.25) is 0 Å². The minimum atomic E-state index is -3.97. The molecule has 0 N–H and O–H groups in total. The molecule has 0 bridgehead atoms. The van der Waals surface area contributed by atoms with Crippen molar-refractivity contribution in [3.05, 3.63) is 29.8 Å². The lowest BCUT2D eigenvalue weighted by molar-refractivity contribution is -0.0976. The van der Waals surface area contributed by atoms with Gasteiger partial charge in [0.25, 0.3) is 0 Å². The van der Waals surface area contributed by atoms with E-state index in [2.05, 4.69) is 0 Å². The fourth-order valence-corrected chi connectivity index (χ4v) is 5.11. The summed E-state index contributed by atoms with van der Waals surface area (Å²) in [5.74, 6) is -2.25. The second-order valence-electron chi connectivity index (χ2n) is 5.87. The Kier molecular flexibility index (Phi) is 4.68. The molecule has 5 nitrogen and oxygen atoms in total. The van der Waals surface area contributed by atoms with Gasteiger partial charge in [-0.1, -0.05) is 6.42 Å². The van der Waals surface area contributed by atoms with E-state index in [0.717, 1.165) is 24.6 Å². The number of hydrogen-bond acceptors (Lipinski definition) is 4. The van der Waals surface area contributed by atoms with Crippen LogP contribution in [0.1, 0.15) is 26.2 Å². The lowest BCUT2D eigenvalue weighted by atomic mass is 9.99. The highest BCUT2D eigenvalue weighted by Crippen LogP contribution is 2.33.